The number of aromatic nitrogens is 1. The standard InChI is InChI=1S/C18H26N4O3/c1-5-11(4)17(24)21-14(10(2)3)18(25)22-13(15(19)23)9-12-7-6-8-20-16(12)22/h6-8,10-11,13-14H,5,9H2,1-4H3,(H2,19,23)(H,21,24)/t11-,13?,14+/m1/s1. The fourth-order valence-electron chi connectivity index (χ4n) is 2.88. The molecule has 0 bridgehead atoms. The van der Waals surface area contributed by atoms with Crippen molar-refractivity contribution < 1.29 is 14.4 Å². The van der Waals surface area contributed by atoms with Gasteiger partial charge in [-0.05, 0) is 24.0 Å². The molecule has 0 radical (unpaired) electrons. The number of anilines is 1. The maximum absolute atomic E-state index is 13.2. The van der Waals surface area contributed by atoms with E-state index in [4.69, 9.17) is 5.73 Å². The maximum atomic E-state index is 13.2. The average Bonchev–Trinajstić information content (AvgIpc) is 2.97. The Bertz CT molecular complexity index is 674. The Labute approximate surface area is 148 Å². The van der Waals surface area contributed by atoms with Crippen molar-refractivity contribution in [1.82, 2.24) is 10.3 Å². The van der Waals surface area contributed by atoms with Crippen LogP contribution >= 0.6 is 0 Å². The molecule has 7 heteroatoms. The smallest absolute Gasteiger partial charge is 0.251 e. The lowest BCUT2D eigenvalue weighted by molar-refractivity contribution is -0.131. The number of primary amides is 1. The average molecular weight is 346 g/mol. The highest BCUT2D eigenvalue weighted by Crippen LogP contribution is 2.31. The fourth-order valence-corrected chi connectivity index (χ4v) is 2.88. The second-order valence-electron chi connectivity index (χ2n) is 6.86. The number of rotatable bonds is 6. The Morgan fingerprint density at radius 2 is 2.04 bits per heavy atom. The number of nitrogens with zero attached hydrogens (tertiary/aromatic N) is 2. The zero-order chi connectivity index (χ0) is 18.7. The SMILES string of the molecule is CC[C@@H](C)C(=O)N[C@H](C(=O)N1c2ncccc2CC1C(N)=O)C(C)C. The molecule has 0 fully saturated rings. The van der Waals surface area contributed by atoms with Crippen molar-refractivity contribution in [2.24, 2.45) is 17.6 Å². The number of hydrogen-bond donors (Lipinski definition) is 2. The third-order valence-corrected chi connectivity index (χ3v) is 4.68. The zero-order valence-corrected chi connectivity index (χ0v) is 15.2. The lowest BCUT2D eigenvalue weighted by Crippen LogP contribution is -2.56. The van der Waals surface area contributed by atoms with Gasteiger partial charge in [0, 0.05) is 18.5 Å². The Morgan fingerprint density at radius 3 is 2.60 bits per heavy atom. The van der Waals surface area contributed by atoms with E-state index in [1.807, 2.05) is 33.8 Å². The molecule has 3 atom stereocenters. The van der Waals surface area contributed by atoms with Crippen LogP contribution < -0.4 is 16.0 Å². The predicted molar refractivity (Wildman–Crippen MR) is 94.6 cm³/mol. The molecule has 1 aliphatic heterocycles. The highest BCUT2D eigenvalue weighted by atomic mass is 16.2. The summed E-state index contributed by atoms with van der Waals surface area (Å²) >= 11 is 0. The molecule has 136 valence electrons. The van der Waals surface area contributed by atoms with Crippen LogP contribution in [0.25, 0.3) is 0 Å². The highest BCUT2D eigenvalue weighted by Gasteiger charge is 2.42. The molecule has 25 heavy (non-hydrogen) atoms. The van der Waals surface area contributed by atoms with Crippen LogP contribution in [0.4, 0.5) is 5.82 Å². The molecule has 0 aliphatic carbocycles. The maximum Gasteiger partial charge on any atom is 0.251 e. The van der Waals surface area contributed by atoms with Crippen LogP contribution in [0.1, 0.15) is 39.7 Å². The molecule has 0 saturated heterocycles. The number of amides is 3. The van der Waals surface area contributed by atoms with Crippen LogP contribution in [-0.2, 0) is 20.8 Å². The van der Waals surface area contributed by atoms with Crippen LogP contribution in [0.15, 0.2) is 18.3 Å². The predicted octanol–water partition coefficient (Wildman–Crippen LogP) is 1.01. The number of carbonyl (C=O) groups is 3. The van der Waals surface area contributed by atoms with E-state index in [0.717, 1.165) is 5.56 Å². The summed E-state index contributed by atoms with van der Waals surface area (Å²) in [6.45, 7) is 7.44. The number of fused-ring (bicyclic) bond motifs is 1. The first kappa shape index (κ1) is 18.9. The van der Waals surface area contributed by atoms with Crippen molar-refractivity contribution >= 4 is 23.5 Å². The normalized spacial score (nSPS) is 18.6. The Kier molecular flexibility index (Phi) is 5.77. The highest BCUT2D eigenvalue weighted by molar-refractivity contribution is 6.05. The van der Waals surface area contributed by atoms with Crippen molar-refractivity contribution in [1.29, 1.82) is 0 Å². The monoisotopic (exact) mass is 346 g/mol. The van der Waals surface area contributed by atoms with E-state index in [9.17, 15) is 14.4 Å². The summed E-state index contributed by atoms with van der Waals surface area (Å²) < 4.78 is 0. The van der Waals surface area contributed by atoms with Gasteiger partial charge in [-0.2, -0.15) is 0 Å². The number of carbonyl (C=O) groups excluding carboxylic acids is 3. The first-order valence-electron chi connectivity index (χ1n) is 8.64. The van der Waals surface area contributed by atoms with E-state index in [0.29, 0.717) is 18.7 Å². The molecule has 3 N–H and O–H groups in total. The van der Waals surface area contributed by atoms with Gasteiger partial charge in [-0.3, -0.25) is 19.3 Å². The molecule has 1 aromatic heterocycles. The summed E-state index contributed by atoms with van der Waals surface area (Å²) in [6.07, 6.45) is 2.60. The van der Waals surface area contributed by atoms with E-state index in [1.165, 1.54) is 4.90 Å². The Morgan fingerprint density at radius 1 is 1.36 bits per heavy atom. The van der Waals surface area contributed by atoms with Crippen LogP contribution in [0.2, 0.25) is 0 Å². The third-order valence-electron chi connectivity index (χ3n) is 4.68. The Balaban J connectivity index is 2.33. The minimum absolute atomic E-state index is 0.137. The summed E-state index contributed by atoms with van der Waals surface area (Å²) in [5, 5.41) is 2.82. The van der Waals surface area contributed by atoms with Crippen LogP contribution in [0.5, 0.6) is 0 Å². The second kappa shape index (κ2) is 7.63. The van der Waals surface area contributed by atoms with Gasteiger partial charge < -0.3 is 11.1 Å². The summed E-state index contributed by atoms with van der Waals surface area (Å²) in [7, 11) is 0. The third kappa shape index (κ3) is 3.81. The van der Waals surface area contributed by atoms with Crippen LogP contribution in [0.3, 0.4) is 0 Å². The quantitative estimate of drug-likeness (QED) is 0.802. The van der Waals surface area contributed by atoms with Crippen LogP contribution in [-0.4, -0.2) is 34.8 Å². The molecule has 1 unspecified atom stereocenters. The number of hydrogen-bond acceptors (Lipinski definition) is 4. The van der Waals surface area contributed by atoms with Gasteiger partial charge in [-0.1, -0.05) is 33.8 Å². The van der Waals surface area contributed by atoms with Crippen molar-refractivity contribution in [3.8, 4) is 0 Å². The minimum Gasteiger partial charge on any atom is -0.368 e. The molecule has 1 aliphatic rings. The Hall–Kier alpha value is -2.44. The molecule has 2 rings (SSSR count). The van der Waals surface area contributed by atoms with E-state index < -0.39 is 18.0 Å². The van der Waals surface area contributed by atoms with Gasteiger partial charge in [0.1, 0.15) is 17.9 Å². The van der Waals surface area contributed by atoms with Crippen molar-refractivity contribution in [3.05, 3.63) is 23.9 Å². The first-order chi connectivity index (χ1) is 11.8. The molecule has 0 spiro atoms. The van der Waals surface area contributed by atoms with Crippen molar-refractivity contribution in [3.63, 3.8) is 0 Å². The lowest BCUT2D eigenvalue weighted by atomic mass is 10.00. The number of nitrogens with one attached hydrogen (secondary N) is 1. The van der Waals surface area contributed by atoms with Gasteiger partial charge in [0.2, 0.25) is 11.8 Å². The van der Waals surface area contributed by atoms with Gasteiger partial charge >= 0.3 is 0 Å². The molecular formula is C18H26N4O3. The number of nitrogens with two attached hydrogens (primary N) is 1. The largest absolute Gasteiger partial charge is 0.368 e. The first-order valence-corrected chi connectivity index (χ1v) is 8.64. The van der Waals surface area contributed by atoms with Gasteiger partial charge in [0.15, 0.2) is 0 Å². The van der Waals surface area contributed by atoms with E-state index in [-0.39, 0.29) is 23.7 Å². The van der Waals surface area contributed by atoms with Gasteiger partial charge in [0.05, 0.1) is 0 Å². The number of pyridine rings is 1. The summed E-state index contributed by atoms with van der Waals surface area (Å²) in [6, 6.07) is 2.07. The van der Waals surface area contributed by atoms with Gasteiger partial charge in [-0.25, -0.2) is 4.98 Å². The van der Waals surface area contributed by atoms with E-state index >= 15 is 0 Å². The molecule has 0 aromatic carbocycles. The van der Waals surface area contributed by atoms with Crippen molar-refractivity contribution in [2.75, 3.05) is 4.90 Å². The zero-order valence-electron chi connectivity index (χ0n) is 15.2. The summed E-state index contributed by atoms with van der Waals surface area (Å²) in [5.74, 6) is -0.993. The molecule has 7 nitrogen and oxygen atoms in total. The molecule has 3 amide bonds. The topological polar surface area (TPSA) is 105 Å². The second-order valence-corrected chi connectivity index (χ2v) is 6.86. The molecule has 2 heterocycles. The van der Waals surface area contributed by atoms with Crippen LogP contribution in [0, 0.1) is 11.8 Å². The lowest BCUT2D eigenvalue weighted by Gasteiger charge is -2.30. The summed E-state index contributed by atoms with van der Waals surface area (Å²) in [5.41, 5.74) is 6.31. The minimum atomic E-state index is -0.779. The molecular weight excluding hydrogens is 320 g/mol. The molecule has 0 saturated carbocycles. The van der Waals surface area contributed by atoms with Gasteiger partial charge in [-0.15, -0.1) is 0 Å². The van der Waals surface area contributed by atoms with Crippen molar-refractivity contribution in [2.45, 2.75) is 52.6 Å². The van der Waals surface area contributed by atoms with Gasteiger partial charge in [0.25, 0.3) is 5.91 Å². The van der Waals surface area contributed by atoms with E-state index in [1.54, 1.807) is 12.3 Å². The fraction of sp³-hybridized carbons (Fsp3) is 0.556. The van der Waals surface area contributed by atoms with E-state index in [2.05, 4.69) is 10.3 Å². The summed E-state index contributed by atoms with van der Waals surface area (Å²) in [4.78, 5) is 42.9. The molecule has 1 aromatic rings.